The van der Waals surface area contributed by atoms with E-state index in [1.54, 1.807) is 35.6 Å². The van der Waals surface area contributed by atoms with Crippen molar-refractivity contribution in [3.63, 3.8) is 0 Å². The van der Waals surface area contributed by atoms with Crippen molar-refractivity contribution in [3.05, 3.63) is 51.7 Å². The van der Waals surface area contributed by atoms with E-state index in [1.807, 2.05) is 0 Å². The van der Waals surface area contributed by atoms with Crippen LogP contribution in [0.2, 0.25) is 0 Å². The molecule has 19 heavy (non-hydrogen) atoms. The zero-order chi connectivity index (χ0) is 13.8. The largest absolute Gasteiger partial charge is 0.435 e. The molecule has 0 fully saturated rings. The minimum absolute atomic E-state index is 0.0819. The molecule has 0 amide bonds. The number of hydrogen-bond donors (Lipinski definition) is 0. The maximum Gasteiger partial charge on any atom is 0.387 e. The van der Waals surface area contributed by atoms with Gasteiger partial charge < -0.3 is 4.74 Å². The molecule has 5 heteroatoms. The summed E-state index contributed by atoms with van der Waals surface area (Å²) in [6.45, 7) is -0.662. The van der Waals surface area contributed by atoms with Crippen LogP contribution in [0, 0.1) is 0 Å². The van der Waals surface area contributed by atoms with Gasteiger partial charge in [-0.15, -0.1) is 11.3 Å². The first-order chi connectivity index (χ1) is 9.10. The highest BCUT2D eigenvalue weighted by molar-refractivity contribution is 9.09. The SMILES string of the molecule is CCc1ccc(C(Br)c2ccc(OC(F)F)cc2)s1. The molecule has 1 aromatic carbocycles. The van der Waals surface area contributed by atoms with Gasteiger partial charge in [0.1, 0.15) is 5.75 Å². The van der Waals surface area contributed by atoms with Gasteiger partial charge >= 0.3 is 6.61 Å². The Hall–Kier alpha value is -0.940. The second-order valence-electron chi connectivity index (χ2n) is 3.97. The highest BCUT2D eigenvalue weighted by atomic mass is 79.9. The Kier molecular flexibility index (Phi) is 4.93. The minimum atomic E-state index is -2.78. The molecule has 1 aromatic heterocycles. The second-order valence-corrected chi connectivity index (χ2v) is 6.08. The Labute approximate surface area is 123 Å². The lowest BCUT2D eigenvalue weighted by molar-refractivity contribution is -0.0498. The van der Waals surface area contributed by atoms with Crippen LogP contribution in [0.25, 0.3) is 0 Å². The van der Waals surface area contributed by atoms with E-state index in [2.05, 4.69) is 39.7 Å². The van der Waals surface area contributed by atoms with Crippen molar-refractivity contribution >= 4 is 27.3 Å². The Balaban J connectivity index is 2.12. The van der Waals surface area contributed by atoms with Crippen molar-refractivity contribution in [1.29, 1.82) is 0 Å². The van der Waals surface area contributed by atoms with Gasteiger partial charge in [0.2, 0.25) is 0 Å². The first kappa shape index (κ1) is 14.5. The van der Waals surface area contributed by atoms with Crippen LogP contribution in [0.3, 0.4) is 0 Å². The van der Waals surface area contributed by atoms with Gasteiger partial charge in [0.25, 0.3) is 0 Å². The van der Waals surface area contributed by atoms with E-state index in [0.717, 1.165) is 12.0 Å². The maximum atomic E-state index is 12.1. The van der Waals surface area contributed by atoms with Crippen LogP contribution in [-0.2, 0) is 6.42 Å². The summed E-state index contributed by atoms with van der Waals surface area (Å²) in [6, 6.07) is 10.9. The highest BCUT2D eigenvalue weighted by Crippen LogP contribution is 2.36. The fourth-order valence-corrected chi connectivity index (χ4v) is 3.40. The summed E-state index contributed by atoms with van der Waals surface area (Å²) >= 11 is 5.39. The van der Waals surface area contributed by atoms with Gasteiger partial charge in [0.15, 0.2) is 0 Å². The van der Waals surface area contributed by atoms with E-state index < -0.39 is 6.61 Å². The minimum Gasteiger partial charge on any atom is -0.435 e. The summed E-state index contributed by atoms with van der Waals surface area (Å²) in [4.78, 5) is 2.62. The molecule has 0 saturated heterocycles. The van der Waals surface area contributed by atoms with Gasteiger partial charge in [-0.25, -0.2) is 0 Å². The van der Waals surface area contributed by atoms with E-state index in [4.69, 9.17) is 0 Å². The first-order valence-electron chi connectivity index (χ1n) is 5.87. The number of aryl methyl sites for hydroxylation is 1. The molecule has 0 aliphatic heterocycles. The molecule has 102 valence electrons. The van der Waals surface area contributed by atoms with E-state index in [0.29, 0.717) is 0 Å². The van der Waals surface area contributed by atoms with Gasteiger partial charge in [-0.1, -0.05) is 35.0 Å². The quantitative estimate of drug-likeness (QED) is 0.659. The Bertz CT molecular complexity index is 524. The molecule has 1 unspecified atom stereocenters. The smallest absolute Gasteiger partial charge is 0.387 e. The molecule has 0 aliphatic rings. The highest BCUT2D eigenvalue weighted by Gasteiger charge is 2.13. The predicted molar refractivity (Wildman–Crippen MR) is 77.5 cm³/mol. The van der Waals surface area contributed by atoms with Crippen molar-refractivity contribution < 1.29 is 13.5 Å². The maximum absolute atomic E-state index is 12.1. The number of halogens is 3. The summed E-state index contributed by atoms with van der Waals surface area (Å²) in [5, 5.41) is 0. The fraction of sp³-hybridized carbons (Fsp3) is 0.286. The van der Waals surface area contributed by atoms with Crippen molar-refractivity contribution in [1.82, 2.24) is 0 Å². The zero-order valence-electron chi connectivity index (χ0n) is 10.3. The summed E-state index contributed by atoms with van der Waals surface area (Å²) in [7, 11) is 0. The summed E-state index contributed by atoms with van der Waals surface area (Å²) < 4.78 is 28.4. The summed E-state index contributed by atoms with van der Waals surface area (Å²) in [6.07, 6.45) is 1.02. The average Bonchev–Trinajstić information content (AvgIpc) is 2.87. The van der Waals surface area contributed by atoms with Gasteiger partial charge in [-0.3, -0.25) is 0 Å². The lowest BCUT2D eigenvalue weighted by Crippen LogP contribution is -2.01. The molecular weight excluding hydrogens is 334 g/mol. The third-order valence-corrected chi connectivity index (χ3v) is 5.30. The molecule has 2 rings (SSSR count). The standard InChI is InChI=1S/C14H13BrF2OS/c1-2-11-7-8-12(19-11)13(15)9-3-5-10(6-4-9)18-14(16)17/h3-8,13-14H,2H2,1H3. The molecule has 0 radical (unpaired) electrons. The summed E-state index contributed by atoms with van der Waals surface area (Å²) in [5.74, 6) is 0.180. The topological polar surface area (TPSA) is 9.23 Å². The molecule has 0 N–H and O–H groups in total. The monoisotopic (exact) mass is 346 g/mol. The van der Waals surface area contributed by atoms with E-state index in [-0.39, 0.29) is 10.6 Å². The van der Waals surface area contributed by atoms with Gasteiger partial charge in [-0.2, -0.15) is 8.78 Å². The van der Waals surface area contributed by atoms with Gasteiger partial charge in [0, 0.05) is 9.75 Å². The molecule has 1 atom stereocenters. The fourth-order valence-electron chi connectivity index (χ4n) is 1.70. The van der Waals surface area contributed by atoms with Gasteiger partial charge in [0.05, 0.1) is 4.83 Å². The molecule has 0 bridgehead atoms. The van der Waals surface area contributed by atoms with E-state index in [9.17, 15) is 8.78 Å². The molecular formula is C14H13BrF2OS. The lowest BCUT2D eigenvalue weighted by Gasteiger charge is -2.09. The van der Waals surface area contributed by atoms with E-state index >= 15 is 0 Å². The molecule has 0 saturated carbocycles. The van der Waals surface area contributed by atoms with Crippen molar-refractivity contribution in [3.8, 4) is 5.75 Å². The Morgan fingerprint density at radius 2 is 1.84 bits per heavy atom. The zero-order valence-corrected chi connectivity index (χ0v) is 12.7. The van der Waals surface area contributed by atoms with Crippen LogP contribution >= 0.6 is 27.3 Å². The van der Waals surface area contributed by atoms with Crippen LogP contribution < -0.4 is 4.74 Å². The number of rotatable bonds is 5. The van der Waals surface area contributed by atoms with Crippen molar-refractivity contribution in [2.45, 2.75) is 24.8 Å². The molecule has 1 nitrogen and oxygen atoms in total. The molecule has 1 heterocycles. The number of alkyl halides is 3. The molecule has 0 aliphatic carbocycles. The number of benzene rings is 1. The summed E-state index contributed by atoms with van der Waals surface area (Å²) in [5.41, 5.74) is 1.02. The van der Waals surface area contributed by atoms with Crippen LogP contribution in [0.5, 0.6) is 5.75 Å². The average molecular weight is 347 g/mol. The van der Waals surface area contributed by atoms with E-state index in [1.165, 1.54) is 9.75 Å². The molecule has 0 spiro atoms. The van der Waals surface area contributed by atoms with Crippen LogP contribution in [0.15, 0.2) is 36.4 Å². The number of hydrogen-bond acceptors (Lipinski definition) is 2. The third-order valence-electron chi connectivity index (χ3n) is 2.68. The predicted octanol–water partition coefficient (Wildman–Crippen LogP) is 5.40. The number of thiophene rings is 1. The Morgan fingerprint density at radius 3 is 2.37 bits per heavy atom. The third kappa shape index (κ3) is 3.76. The number of ether oxygens (including phenoxy) is 1. The van der Waals surface area contributed by atoms with Crippen molar-refractivity contribution in [2.75, 3.05) is 0 Å². The lowest BCUT2D eigenvalue weighted by atomic mass is 10.1. The first-order valence-corrected chi connectivity index (χ1v) is 7.60. The second kappa shape index (κ2) is 6.48. The van der Waals surface area contributed by atoms with Gasteiger partial charge in [-0.05, 0) is 36.2 Å². The van der Waals surface area contributed by atoms with Crippen LogP contribution in [0.1, 0.15) is 27.1 Å². The normalized spacial score (nSPS) is 12.7. The molecule has 2 aromatic rings. The van der Waals surface area contributed by atoms with Crippen molar-refractivity contribution in [2.24, 2.45) is 0 Å². The van der Waals surface area contributed by atoms with Crippen LogP contribution in [-0.4, -0.2) is 6.61 Å². The van der Waals surface area contributed by atoms with Crippen LogP contribution in [0.4, 0.5) is 8.78 Å². The Morgan fingerprint density at radius 1 is 1.16 bits per heavy atom.